The topological polar surface area (TPSA) is 52.6 Å². The first kappa shape index (κ1) is 56.2. The van der Waals surface area contributed by atoms with Crippen molar-refractivity contribution in [3.8, 4) is 0 Å². The SMILES string of the molecule is CCCCCCCCCCCCC(CCCCCCCC)CCCOC(=O)c1ccccc1C(=O)OCCCC(CCCCCCCC)CCCCCCCCCCCC. The smallest absolute Gasteiger partial charge is 0.339 e. The quantitative estimate of drug-likeness (QED) is 0.0485. The molecule has 0 amide bonds. The van der Waals surface area contributed by atoms with Gasteiger partial charge in [0.25, 0.3) is 0 Å². The summed E-state index contributed by atoms with van der Waals surface area (Å²) >= 11 is 0. The van der Waals surface area contributed by atoms with Crippen LogP contribution in [0.4, 0.5) is 0 Å². The van der Waals surface area contributed by atoms with Crippen LogP contribution in [0.3, 0.4) is 0 Å². The summed E-state index contributed by atoms with van der Waals surface area (Å²) in [5.41, 5.74) is 0.664. The summed E-state index contributed by atoms with van der Waals surface area (Å²) in [6.45, 7) is 9.97. The van der Waals surface area contributed by atoms with Gasteiger partial charge in [-0.25, -0.2) is 9.59 Å². The maximum absolute atomic E-state index is 13.3. The van der Waals surface area contributed by atoms with Gasteiger partial charge in [0.05, 0.1) is 24.3 Å². The molecule has 1 aromatic carbocycles. The van der Waals surface area contributed by atoms with Crippen LogP contribution in [0.2, 0.25) is 0 Å². The van der Waals surface area contributed by atoms with Crippen LogP contribution in [0, 0.1) is 11.8 Å². The molecule has 0 bridgehead atoms. The first-order valence-electron chi connectivity index (χ1n) is 27.0. The minimum atomic E-state index is -0.403. The van der Waals surface area contributed by atoms with Crippen LogP contribution in [-0.2, 0) is 9.47 Å². The molecule has 1 rings (SSSR count). The summed E-state index contributed by atoms with van der Waals surface area (Å²) in [7, 11) is 0. The van der Waals surface area contributed by atoms with Gasteiger partial charge in [-0.15, -0.1) is 0 Å². The molecule has 0 aromatic heterocycles. The van der Waals surface area contributed by atoms with Gasteiger partial charge in [-0.2, -0.15) is 0 Å². The van der Waals surface area contributed by atoms with Gasteiger partial charge < -0.3 is 9.47 Å². The number of carbonyl (C=O) groups is 2. The van der Waals surface area contributed by atoms with E-state index in [0.29, 0.717) is 36.2 Å². The van der Waals surface area contributed by atoms with Crippen LogP contribution in [-0.4, -0.2) is 25.2 Å². The van der Waals surface area contributed by atoms with Crippen LogP contribution in [0.1, 0.15) is 305 Å². The largest absolute Gasteiger partial charge is 0.462 e. The van der Waals surface area contributed by atoms with Gasteiger partial charge in [0.1, 0.15) is 0 Å². The first-order chi connectivity index (χ1) is 29.6. The van der Waals surface area contributed by atoms with E-state index in [9.17, 15) is 9.59 Å². The molecular weight excluding hydrogens is 737 g/mol. The Morgan fingerprint density at radius 3 is 0.800 bits per heavy atom. The third-order valence-electron chi connectivity index (χ3n) is 13.2. The molecular formula is C56H102O4. The molecule has 0 saturated heterocycles. The number of esters is 2. The lowest BCUT2D eigenvalue weighted by molar-refractivity contribution is 0.0445. The van der Waals surface area contributed by atoms with Crippen LogP contribution in [0.25, 0.3) is 0 Å². The molecule has 4 heteroatoms. The van der Waals surface area contributed by atoms with E-state index in [4.69, 9.17) is 9.47 Å². The summed E-state index contributed by atoms with van der Waals surface area (Å²) in [4.78, 5) is 26.6. The highest BCUT2D eigenvalue weighted by molar-refractivity contribution is 6.03. The summed E-state index contributed by atoms with van der Waals surface area (Å²) in [6.07, 6.45) is 52.8. The highest BCUT2D eigenvalue weighted by Gasteiger charge is 2.20. The lowest BCUT2D eigenvalue weighted by Gasteiger charge is -2.18. The Morgan fingerprint density at radius 1 is 0.333 bits per heavy atom. The number of unbranched alkanes of at least 4 members (excludes halogenated alkanes) is 28. The second-order valence-corrected chi connectivity index (χ2v) is 18.9. The number of ether oxygens (including phenoxy) is 2. The molecule has 0 aliphatic rings. The molecule has 0 heterocycles. The zero-order valence-electron chi connectivity index (χ0n) is 40.8. The lowest BCUT2D eigenvalue weighted by Crippen LogP contribution is -2.15. The highest BCUT2D eigenvalue weighted by atomic mass is 16.5. The molecule has 0 aliphatic carbocycles. The lowest BCUT2D eigenvalue weighted by atomic mass is 9.90. The average molecular weight is 839 g/mol. The van der Waals surface area contributed by atoms with Crippen LogP contribution in [0.5, 0.6) is 0 Å². The van der Waals surface area contributed by atoms with Gasteiger partial charge in [0, 0.05) is 0 Å². The molecule has 2 unspecified atom stereocenters. The van der Waals surface area contributed by atoms with Crippen molar-refractivity contribution in [3.63, 3.8) is 0 Å². The van der Waals surface area contributed by atoms with Crippen molar-refractivity contribution in [2.24, 2.45) is 11.8 Å². The van der Waals surface area contributed by atoms with Gasteiger partial charge >= 0.3 is 11.9 Å². The summed E-state index contributed by atoms with van der Waals surface area (Å²) in [5.74, 6) is 0.624. The maximum atomic E-state index is 13.3. The fraction of sp³-hybridized carbons (Fsp3) is 0.857. The van der Waals surface area contributed by atoms with Crippen molar-refractivity contribution >= 4 is 11.9 Å². The maximum Gasteiger partial charge on any atom is 0.339 e. The standard InChI is InChI=1S/C56H102O4/c1-5-9-13-17-21-23-25-27-31-35-43-51(41-33-29-19-15-11-7-3)45-39-49-59-55(57)53-47-37-38-48-54(53)56(58)60-50-40-46-52(42-34-30-20-16-12-8-4)44-36-32-28-26-24-22-18-14-10-6-2/h37-38,47-48,51-52H,5-36,39-46,49-50H2,1-4H3. The third kappa shape index (κ3) is 33.7. The second kappa shape index (κ2) is 43.8. The van der Waals surface area contributed by atoms with Gasteiger partial charge in [0.2, 0.25) is 0 Å². The molecule has 60 heavy (non-hydrogen) atoms. The highest BCUT2D eigenvalue weighted by Crippen LogP contribution is 2.26. The second-order valence-electron chi connectivity index (χ2n) is 18.9. The molecule has 0 saturated carbocycles. The van der Waals surface area contributed by atoms with Crippen molar-refractivity contribution in [3.05, 3.63) is 35.4 Å². The van der Waals surface area contributed by atoms with Gasteiger partial charge in [0.15, 0.2) is 0 Å². The number of carbonyl (C=O) groups excluding carboxylic acids is 2. The van der Waals surface area contributed by atoms with Gasteiger partial charge in [-0.05, 0) is 49.7 Å². The van der Waals surface area contributed by atoms with Gasteiger partial charge in [-0.3, -0.25) is 0 Å². The van der Waals surface area contributed by atoms with Crippen molar-refractivity contribution in [1.82, 2.24) is 0 Å². The minimum Gasteiger partial charge on any atom is -0.462 e. The number of hydrogen-bond donors (Lipinski definition) is 0. The third-order valence-corrected chi connectivity index (χ3v) is 13.2. The zero-order valence-corrected chi connectivity index (χ0v) is 40.8. The van der Waals surface area contributed by atoms with Crippen LogP contribution in [0.15, 0.2) is 24.3 Å². The number of rotatable bonds is 46. The van der Waals surface area contributed by atoms with E-state index in [0.717, 1.165) is 25.7 Å². The predicted molar refractivity (Wildman–Crippen MR) is 261 cm³/mol. The van der Waals surface area contributed by atoms with E-state index in [1.54, 1.807) is 12.1 Å². The fourth-order valence-electron chi connectivity index (χ4n) is 9.20. The molecule has 1 aromatic rings. The molecule has 0 radical (unpaired) electrons. The molecule has 0 spiro atoms. The first-order valence-corrected chi connectivity index (χ1v) is 27.0. The Hall–Kier alpha value is -1.84. The predicted octanol–water partition coefficient (Wildman–Crippen LogP) is 18.9. The fourth-order valence-corrected chi connectivity index (χ4v) is 9.20. The van der Waals surface area contributed by atoms with Crippen molar-refractivity contribution in [2.45, 2.75) is 285 Å². The minimum absolute atomic E-state index is 0.332. The van der Waals surface area contributed by atoms with Crippen molar-refractivity contribution < 1.29 is 19.1 Å². The zero-order chi connectivity index (χ0) is 43.4. The molecule has 2 atom stereocenters. The molecule has 350 valence electrons. The van der Waals surface area contributed by atoms with Crippen molar-refractivity contribution in [1.29, 1.82) is 0 Å². The van der Waals surface area contributed by atoms with E-state index in [1.807, 2.05) is 12.1 Å². The van der Waals surface area contributed by atoms with E-state index in [2.05, 4.69) is 27.7 Å². The Kier molecular flexibility index (Phi) is 41.0. The summed E-state index contributed by atoms with van der Waals surface area (Å²) < 4.78 is 11.6. The summed E-state index contributed by atoms with van der Waals surface area (Å²) in [5, 5.41) is 0. The van der Waals surface area contributed by atoms with E-state index in [-0.39, 0.29) is 0 Å². The number of benzene rings is 1. The molecule has 0 N–H and O–H groups in total. The van der Waals surface area contributed by atoms with E-state index < -0.39 is 11.9 Å². The Labute approximate surface area is 374 Å². The Bertz CT molecular complexity index is 984. The van der Waals surface area contributed by atoms with E-state index in [1.165, 1.54) is 231 Å². The Morgan fingerprint density at radius 2 is 0.550 bits per heavy atom. The van der Waals surface area contributed by atoms with Crippen LogP contribution < -0.4 is 0 Å². The molecule has 0 fully saturated rings. The van der Waals surface area contributed by atoms with Crippen LogP contribution >= 0.6 is 0 Å². The van der Waals surface area contributed by atoms with Crippen molar-refractivity contribution in [2.75, 3.05) is 13.2 Å². The Balaban J connectivity index is 2.52. The number of hydrogen-bond acceptors (Lipinski definition) is 4. The van der Waals surface area contributed by atoms with E-state index >= 15 is 0 Å². The average Bonchev–Trinajstić information content (AvgIpc) is 3.26. The monoisotopic (exact) mass is 839 g/mol. The molecule has 0 aliphatic heterocycles. The molecule has 4 nitrogen and oxygen atoms in total. The normalized spacial score (nSPS) is 12.5. The van der Waals surface area contributed by atoms with Gasteiger partial charge in [-0.1, -0.05) is 271 Å². The summed E-state index contributed by atoms with van der Waals surface area (Å²) in [6, 6.07) is 7.07.